The standard InChI is InChI=1S/C40H56Cl2N2O2/c1-25(2)27-12-17-40(35(46)44-22-20-43(21-23-44)26-8-10-29(41)30(42)24-26)19-18-38(6)28(34(27)40)9-11-32-37(5)15-14-33(45)36(3,4)31(37)13-16-39(32,38)7/h8,10,24,27-28,31-32,34H,1,9,11-23H2,2-7H3/t27-,28?,31?,32+,34+,37-,38+,39+,40-/m0/s1. The Balaban J connectivity index is 1.17. The SMILES string of the molecule is C=C(C)[C@@H]1CC[C@]2(C(=O)N3CCN(c4ccc(Cl)c(Cl)c4)CC3)CC[C@]3(C)C(CC[C@@H]4[C@@]5(C)CCC(=O)C(C)(C)C5CC[C@]43C)[C@@H]12. The molecule has 1 saturated heterocycles. The fourth-order valence-electron chi connectivity index (χ4n) is 13.5. The lowest BCUT2D eigenvalue weighted by molar-refractivity contribution is -0.234. The third-order valence-corrected chi connectivity index (χ3v) is 16.8. The summed E-state index contributed by atoms with van der Waals surface area (Å²) in [4.78, 5) is 32.7. The summed E-state index contributed by atoms with van der Waals surface area (Å²) < 4.78 is 0. The maximum absolute atomic E-state index is 15.0. The van der Waals surface area contributed by atoms with E-state index in [-0.39, 0.29) is 27.1 Å². The zero-order valence-electron chi connectivity index (χ0n) is 29.2. The molecule has 1 aliphatic heterocycles. The number of carbonyl (C=O) groups is 2. The predicted molar refractivity (Wildman–Crippen MR) is 189 cm³/mol. The maximum Gasteiger partial charge on any atom is 0.229 e. The molecule has 1 aromatic rings. The van der Waals surface area contributed by atoms with Crippen LogP contribution in [0.15, 0.2) is 30.4 Å². The van der Waals surface area contributed by atoms with Crippen molar-refractivity contribution < 1.29 is 9.59 Å². The molecular formula is C40H56Cl2N2O2. The van der Waals surface area contributed by atoms with Crippen LogP contribution < -0.4 is 4.90 Å². The van der Waals surface area contributed by atoms with E-state index < -0.39 is 0 Å². The van der Waals surface area contributed by atoms with Gasteiger partial charge in [0.1, 0.15) is 5.78 Å². The van der Waals surface area contributed by atoms with Crippen LogP contribution >= 0.6 is 23.2 Å². The van der Waals surface area contributed by atoms with E-state index in [1.165, 1.54) is 24.8 Å². The molecule has 5 saturated carbocycles. The minimum Gasteiger partial charge on any atom is -0.368 e. The topological polar surface area (TPSA) is 40.6 Å². The molecule has 7 rings (SSSR count). The van der Waals surface area contributed by atoms with Gasteiger partial charge in [0.15, 0.2) is 0 Å². The van der Waals surface area contributed by atoms with Crippen molar-refractivity contribution in [2.75, 3.05) is 31.1 Å². The van der Waals surface area contributed by atoms with Gasteiger partial charge >= 0.3 is 0 Å². The summed E-state index contributed by atoms with van der Waals surface area (Å²) in [6, 6.07) is 5.85. The molecule has 46 heavy (non-hydrogen) atoms. The van der Waals surface area contributed by atoms with Gasteiger partial charge in [-0.05, 0) is 129 Å². The summed E-state index contributed by atoms with van der Waals surface area (Å²) in [7, 11) is 0. The van der Waals surface area contributed by atoms with Gasteiger partial charge in [-0.3, -0.25) is 9.59 Å². The van der Waals surface area contributed by atoms with Crippen LogP contribution in [0.3, 0.4) is 0 Å². The van der Waals surface area contributed by atoms with Gasteiger partial charge in [-0.1, -0.05) is 70.0 Å². The molecular weight excluding hydrogens is 611 g/mol. The van der Waals surface area contributed by atoms with Crippen LogP contribution in [0, 0.1) is 56.7 Å². The van der Waals surface area contributed by atoms with Gasteiger partial charge in [-0.2, -0.15) is 0 Å². The predicted octanol–water partition coefficient (Wildman–Crippen LogP) is 9.87. The summed E-state index contributed by atoms with van der Waals surface area (Å²) >= 11 is 12.5. The summed E-state index contributed by atoms with van der Waals surface area (Å²) in [5.74, 6) is 3.34. The molecule has 252 valence electrons. The molecule has 2 unspecified atom stereocenters. The number of Topliss-reactive ketones (excluding diaryl/α,β-unsaturated/α-hetero) is 1. The first-order valence-electron chi connectivity index (χ1n) is 18.3. The number of anilines is 1. The van der Waals surface area contributed by atoms with Crippen LogP contribution in [0.5, 0.6) is 0 Å². The van der Waals surface area contributed by atoms with Crippen molar-refractivity contribution in [2.45, 2.75) is 106 Å². The number of amides is 1. The van der Waals surface area contributed by atoms with Crippen LogP contribution in [-0.4, -0.2) is 42.8 Å². The van der Waals surface area contributed by atoms with Crippen molar-refractivity contribution in [1.29, 1.82) is 0 Å². The number of carbonyl (C=O) groups excluding carboxylic acids is 2. The molecule has 1 aromatic carbocycles. The lowest BCUT2D eigenvalue weighted by atomic mass is 9.32. The number of benzene rings is 1. The normalized spacial score (nSPS) is 43.3. The number of rotatable bonds is 3. The fraction of sp³-hybridized carbons (Fsp3) is 0.750. The Bertz CT molecular complexity index is 1450. The molecule has 1 heterocycles. The Labute approximate surface area is 288 Å². The highest BCUT2D eigenvalue weighted by molar-refractivity contribution is 6.42. The first-order chi connectivity index (χ1) is 21.6. The molecule has 0 radical (unpaired) electrons. The lowest BCUT2D eigenvalue weighted by Gasteiger charge is -2.72. The first-order valence-corrected chi connectivity index (χ1v) is 19.0. The van der Waals surface area contributed by atoms with E-state index in [1.807, 2.05) is 18.2 Å². The monoisotopic (exact) mass is 666 g/mol. The Hall–Kier alpha value is -1.52. The van der Waals surface area contributed by atoms with Gasteiger partial charge in [0.2, 0.25) is 5.91 Å². The van der Waals surface area contributed by atoms with Crippen molar-refractivity contribution in [3.05, 3.63) is 40.4 Å². The molecule has 4 nitrogen and oxygen atoms in total. The second-order valence-corrected chi connectivity index (χ2v) is 18.7. The Morgan fingerprint density at radius 1 is 0.826 bits per heavy atom. The minimum atomic E-state index is -0.275. The average molecular weight is 668 g/mol. The summed E-state index contributed by atoms with van der Waals surface area (Å²) in [6.45, 7) is 22.3. The number of piperazine rings is 1. The third-order valence-electron chi connectivity index (χ3n) is 16.1. The molecule has 9 atom stereocenters. The summed E-state index contributed by atoms with van der Waals surface area (Å²) in [5.41, 5.74) is 2.48. The van der Waals surface area contributed by atoms with E-state index in [0.717, 1.165) is 76.8 Å². The van der Waals surface area contributed by atoms with Gasteiger partial charge in [0.25, 0.3) is 0 Å². The Kier molecular flexibility index (Phi) is 7.89. The number of hydrogen-bond acceptors (Lipinski definition) is 3. The van der Waals surface area contributed by atoms with Crippen molar-refractivity contribution in [3.8, 4) is 0 Å². The quantitative estimate of drug-likeness (QED) is 0.302. The number of fused-ring (bicyclic) bond motifs is 7. The fourth-order valence-corrected chi connectivity index (χ4v) is 13.8. The number of allylic oxidation sites excluding steroid dienone is 1. The van der Waals surface area contributed by atoms with Crippen molar-refractivity contribution in [2.24, 2.45) is 56.7 Å². The second kappa shape index (κ2) is 11.0. The number of halogens is 2. The van der Waals surface area contributed by atoms with Crippen LogP contribution in [0.1, 0.15) is 106 Å². The van der Waals surface area contributed by atoms with Crippen molar-refractivity contribution >= 4 is 40.6 Å². The van der Waals surface area contributed by atoms with Crippen LogP contribution in [0.2, 0.25) is 10.0 Å². The second-order valence-electron chi connectivity index (χ2n) is 17.9. The minimum absolute atomic E-state index is 0.189. The summed E-state index contributed by atoms with van der Waals surface area (Å²) in [6.07, 6.45) is 10.9. The number of hydrogen-bond donors (Lipinski definition) is 0. The van der Waals surface area contributed by atoms with E-state index in [1.54, 1.807) is 0 Å². The molecule has 0 N–H and O–H groups in total. The van der Waals surface area contributed by atoms with Gasteiger partial charge in [-0.15, -0.1) is 0 Å². The highest BCUT2D eigenvalue weighted by Gasteiger charge is 2.72. The third kappa shape index (κ3) is 4.43. The van der Waals surface area contributed by atoms with Gasteiger partial charge in [0, 0.05) is 43.7 Å². The molecule has 1 amide bonds. The van der Waals surface area contributed by atoms with Crippen molar-refractivity contribution in [3.63, 3.8) is 0 Å². The molecule has 0 aromatic heterocycles. The van der Waals surface area contributed by atoms with Gasteiger partial charge in [0.05, 0.1) is 15.5 Å². The van der Waals surface area contributed by atoms with E-state index in [2.05, 4.69) is 57.9 Å². The highest BCUT2D eigenvalue weighted by Crippen LogP contribution is 2.77. The number of ketones is 1. The zero-order chi connectivity index (χ0) is 33.0. The van der Waals surface area contributed by atoms with E-state index in [9.17, 15) is 9.59 Å². The highest BCUT2D eigenvalue weighted by atomic mass is 35.5. The number of nitrogens with zero attached hydrogens (tertiary/aromatic N) is 2. The Morgan fingerprint density at radius 2 is 1.54 bits per heavy atom. The zero-order valence-corrected chi connectivity index (χ0v) is 30.7. The Morgan fingerprint density at radius 3 is 2.22 bits per heavy atom. The van der Waals surface area contributed by atoms with Gasteiger partial charge in [-0.25, -0.2) is 0 Å². The van der Waals surface area contributed by atoms with Crippen LogP contribution in [0.25, 0.3) is 0 Å². The molecule has 6 aliphatic rings. The molecule has 6 heteroatoms. The van der Waals surface area contributed by atoms with Gasteiger partial charge < -0.3 is 9.80 Å². The average Bonchev–Trinajstić information content (AvgIpc) is 3.42. The smallest absolute Gasteiger partial charge is 0.229 e. The van der Waals surface area contributed by atoms with E-state index in [4.69, 9.17) is 23.2 Å². The van der Waals surface area contributed by atoms with Crippen molar-refractivity contribution in [1.82, 2.24) is 4.90 Å². The molecule has 6 fully saturated rings. The van der Waals surface area contributed by atoms with Crippen LogP contribution in [0.4, 0.5) is 5.69 Å². The van der Waals surface area contributed by atoms with E-state index in [0.29, 0.717) is 51.3 Å². The molecule has 0 bridgehead atoms. The largest absolute Gasteiger partial charge is 0.368 e. The molecule has 5 aliphatic carbocycles. The lowest BCUT2D eigenvalue weighted by Crippen LogP contribution is -2.67. The maximum atomic E-state index is 15.0. The summed E-state index contributed by atoms with van der Waals surface area (Å²) in [5, 5.41) is 1.15. The van der Waals surface area contributed by atoms with Crippen LogP contribution in [-0.2, 0) is 9.59 Å². The first kappa shape index (κ1) is 33.0. The van der Waals surface area contributed by atoms with E-state index >= 15 is 0 Å². The molecule has 0 spiro atoms.